The summed E-state index contributed by atoms with van der Waals surface area (Å²) in [4.78, 5) is 30.6. The van der Waals surface area contributed by atoms with Crippen LogP contribution < -0.4 is 15.4 Å². The normalized spacial score (nSPS) is 14.7. The maximum Gasteiger partial charge on any atom is 0.257 e. The number of rotatable bonds is 7. The number of para-hydroxylation sites is 1. The summed E-state index contributed by atoms with van der Waals surface area (Å²) in [7, 11) is 1.63. The predicted molar refractivity (Wildman–Crippen MR) is 117 cm³/mol. The molecule has 1 heterocycles. The summed E-state index contributed by atoms with van der Waals surface area (Å²) in [6.07, 6.45) is 2.14. The van der Waals surface area contributed by atoms with Crippen LogP contribution in [0.3, 0.4) is 0 Å². The molecule has 0 radical (unpaired) electrons. The van der Waals surface area contributed by atoms with E-state index in [1.165, 1.54) is 35.6 Å². The van der Waals surface area contributed by atoms with Crippen LogP contribution >= 0.6 is 11.3 Å². The van der Waals surface area contributed by atoms with E-state index in [4.69, 9.17) is 4.74 Å². The van der Waals surface area contributed by atoms with Crippen LogP contribution in [-0.2, 0) is 17.6 Å². The minimum atomic E-state index is -0.399. The topological polar surface area (TPSA) is 80.3 Å². The molecule has 0 aliphatic heterocycles. The number of nitrogens with one attached hydrogen (secondary N) is 2. The molecule has 0 unspecified atom stereocenters. The highest BCUT2D eigenvalue weighted by Crippen LogP contribution is 2.38. The van der Waals surface area contributed by atoms with Gasteiger partial charge in [0, 0.05) is 17.0 Å². The third-order valence-electron chi connectivity index (χ3n) is 5.25. The first-order chi connectivity index (χ1) is 15.0. The molecule has 0 saturated carbocycles. The number of amides is 2. The SMILES string of the molecule is COc1ccccc1CCNC(=O)[C@H]1CCc2sc(NC(=O)c3ccc(F)cc3)nc21. The highest BCUT2D eigenvalue weighted by molar-refractivity contribution is 7.16. The Labute approximate surface area is 183 Å². The van der Waals surface area contributed by atoms with Gasteiger partial charge in [-0.05, 0) is 55.2 Å². The van der Waals surface area contributed by atoms with Gasteiger partial charge in [-0.25, -0.2) is 9.37 Å². The second kappa shape index (κ2) is 9.26. The van der Waals surface area contributed by atoms with Crippen LogP contribution in [-0.4, -0.2) is 30.5 Å². The number of fused-ring (bicyclic) bond motifs is 1. The first kappa shape index (κ1) is 21.0. The Morgan fingerprint density at radius 2 is 1.97 bits per heavy atom. The Hall–Kier alpha value is -3.26. The number of aromatic nitrogens is 1. The molecule has 1 atom stereocenters. The van der Waals surface area contributed by atoms with Gasteiger partial charge in [-0.1, -0.05) is 18.2 Å². The number of methoxy groups -OCH3 is 1. The molecule has 4 rings (SSSR count). The lowest BCUT2D eigenvalue weighted by Crippen LogP contribution is -2.30. The van der Waals surface area contributed by atoms with Gasteiger partial charge >= 0.3 is 0 Å². The summed E-state index contributed by atoms with van der Waals surface area (Å²) in [5.41, 5.74) is 2.12. The van der Waals surface area contributed by atoms with E-state index in [2.05, 4.69) is 15.6 Å². The summed E-state index contributed by atoms with van der Waals surface area (Å²) < 4.78 is 18.4. The highest BCUT2D eigenvalue weighted by Gasteiger charge is 2.32. The molecule has 2 N–H and O–H groups in total. The quantitative estimate of drug-likeness (QED) is 0.585. The molecule has 6 nitrogen and oxygen atoms in total. The number of hydrogen-bond acceptors (Lipinski definition) is 5. The summed E-state index contributed by atoms with van der Waals surface area (Å²) in [6.45, 7) is 0.503. The molecular formula is C23H22FN3O3S. The number of carbonyl (C=O) groups excluding carboxylic acids is 2. The number of nitrogens with zero attached hydrogens (tertiary/aromatic N) is 1. The number of halogens is 1. The standard InChI is InChI=1S/C23H22FN3O3S/c1-30-18-5-3-2-4-14(18)12-13-25-22(29)17-10-11-19-20(17)26-23(31-19)27-21(28)15-6-8-16(24)9-7-15/h2-9,17H,10-13H2,1H3,(H,25,29)(H,26,27,28)/t17-/m0/s1. The molecule has 3 aromatic rings. The smallest absolute Gasteiger partial charge is 0.257 e. The second-order valence-electron chi connectivity index (χ2n) is 7.23. The average molecular weight is 440 g/mol. The maximum absolute atomic E-state index is 13.0. The van der Waals surface area contributed by atoms with E-state index in [9.17, 15) is 14.0 Å². The lowest BCUT2D eigenvalue weighted by Gasteiger charge is -2.12. The Bertz CT molecular complexity index is 1100. The van der Waals surface area contributed by atoms with E-state index in [0.717, 1.165) is 28.3 Å². The lowest BCUT2D eigenvalue weighted by atomic mass is 10.1. The Morgan fingerprint density at radius 1 is 1.19 bits per heavy atom. The average Bonchev–Trinajstić information content (AvgIpc) is 3.34. The molecule has 0 saturated heterocycles. The number of thiazole rings is 1. The number of aryl methyl sites for hydroxylation is 1. The van der Waals surface area contributed by atoms with Crippen LogP contribution in [0.5, 0.6) is 5.75 Å². The van der Waals surface area contributed by atoms with Gasteiger partial charge in [0.05, 0.1) is 18.7 Å². The van der Waals surface area contributed by atoms with Crippen molar-refractivity contribution in [2.24, 2.45) is 0 Å². The van der Waals surface area contributed by atoms with Crippen molar-refractivity contribution in [2.45, 2.75) is 25.2 Å². The summed E-state index contributed by atoms with van der Waals surface area (Å²) in [5, 5.41) is 6.19. The van der Waals surface area contributed by atoms with Gasteiger partial charge in [0.1, 0.15) is 11.6 Å². The Balaban J connectivity index is 1.36. The zero-order chi connectivity index (χ0) is 21.8. The van der Waals surface area contributed by atoms with E-state index < -0.39 is 5.82 Å². The van der Waals surface area contributed by atoms with E-state index in [1.54, 1.807) is 7.11 Å². The molecule has 31 heavy (non-hydrogen) atoms. The number of ether oxygens (including phenoxy) is 1. The fourth-order valence-electron chi connectivity index (χ4n) is 3.66. The van der Waals surface area contributed by atoms with Gasteiger partial charge in [-0.3, -0.25) is 14.9 Å². The van der Waals surface area contributed by atoms with Crippen molar-refractivity contribution in [3.8, 4) is 5.75 Å². The number of carbonyl (C=O) groups is 2. The van der Waals surface area contributed by atoms with Gasteiger partial charge in [0.15, 0.2) is 5.13 Å². The van der Waals surface area contributed by atoms with E-state index in [0.29, 0.717) is 30.1 Å². The Morgan fingerprint density at radius 3 is 2.74 bits per heavy atom. The molecule has 2 amide bonds. The number of benzene rings is 2. The molecule has 8 heteroatoms. The molecule has 2 aromatic carbocycles. The second-order valence-corrected chi connectivity index (χ2v) is 8.32. The van der Waals surface area contributed by atoms with Crippen LogP contribution in [0.1, 0.15) is 38.8 Å². The highest BCUT2D eigenvalue weighted by atomic mass is 32.1. The Kier molecular flexibility index (Phi) is 6.27. The van der Waals surface area contributed by atoms with Gasteiger partial charge in [0.2, 0.25) is 5.91 Å². The van der Waals surface area contributed by atoms with Crippen molar-refractivity contribution in [3.05, 3.63) is 76.0 Å². The fourth-order valence-corrected chi connectivity index (χ4v) is 4.69. The summed E-state index contributed by atoms with van der Waals surface area (Å²) in [6, 6.07) is 13.1. The molecule has 0 fully saturated rings. The fraction of sp³-hybridized carbons (Fsp3) is 0.261. The van der Waals surface area contributed by atoms with Gasteiger partial charge in [-0.15, -0.1) is 11.3 Å². The van der Waals surface area contributed by atoms with Gasteiger partial charge in [0.25, 0.3) is 5.91 Å². The maximum atomic E-state index is 13.0. The minimum absolute atomic E-state index is 0.0599. The van der Waals surface area contributed by atoms with Crippen LogP contribution in [0.4, 0.5) is 9.52 Å². The molecule has 0 spiro atoms. The third kappa shape index (κ3) is 4.74. The zero-order valence-corrected chi connectivity index (χ0v) is 17.8. The van der Waals surface area contributed by atoms with Crippen molar-refractivity contribution in [3.63, 3.8) is 0 Å². The molecule has 1 aliphatic rings. The van der Waals surface area contributed by atoms with Crippen LogP contribution in [0.2, 0.25) is 0 Å². The molecular weight excluding hydrogens is 417 g/mol. The van der Waals surface area contributed by atoms with Gasteiger partial charge < -0.3 is 10.1 Å². The molecule has 1 aromatic heterocycles. The zero-order valence-electron chi connectivity index (χ0n) is 17.0. The lowest BCUT2D eigenvalue weighted by molar-refractivity contribution is -0.122. The van der Waals surface area contributed by atoms with Crippen LogP contribution in [0, 0.1) is 5.82 Å². The van der Waals surface area contributed by atoms with E-state index in [1.807, 2.05) is 24.3 Å². The van der Waals surface area contributed by atoms with E-state index >= 15 is 0 Å². The molecule has 1 aliphatic carbocycles. The van der Waals surface area contributed by atoms with Crippen LogP contribution in [0.25, 0.3) is 0 Å². The first-order valence-corrected chi connectivity index (χ1v) is 10.8. The number of anilines is 1. The number of hydrogen-bond donors (Lipinski definition) is 2. The minimum Gasteiger partial charge on any atom is -0.496 e. The molecule has 160 valence electrons. The third-order valence-corrected chi connectivity index (χ3v) is 6.29. The van der Waals surface area contributed by atoms with Crippen molar-refractivity contribution in [2.75, 3.05) is 19.0 Å². The van der Waals surface area contributed by atoms with Crippen LogP contribution in [0.15, 0.2) is 48.5 Å². The molecule has 0 bridgehead atoms. The van der Waals surface area contributed by atoms with Crippen molar-refractivity contribution in [1.82, 2.24) is 10.3 Å². The monoisotopic (exact) mass is 439 g/mol. The van der Waals surface area contributed by atoms with Gasteiger partial charge in [-0.2, -0.15) is 0 Å². The van der Waals surface area contributed by atoms with Crippen molar-refractivity contribution >= 4 is 28.3 Å². The predicted octanol–water partition coefficient (Wildman–Crippen LogP) is 3.93. The van der Waals surface area contributed by atoms with E-state index in [-0.39, 0.29) is 17.7 Å². The largest absolute Gasteiger partial charge is 0.496 e. The van der Waals surface area contributed by atoms with Crippen molar-refractivity contribution in [1.29, 1.82) is 0 Å². The first-order valence-electron chi connectivity index (χ1n) is 10.0. The summed E-state index contributed by atoms with van der Waals surface area (Å²) in [5.74, 6) is -0.328. The van der Waals surface area contributed by atoms with Crippen molar-refractivity contribution < 1.29 is 18.7 Å². The summed E-state index contributed by atoms with van der Waals surface area (Å²) >= 11 is 1.38.